The van der Waals surface area contributed by atoms with Crippen LogP contribution in [0.15, 0.2) is 52.4 Å². The first-order chi connectivity index (χ1) is 9.42. The minimum atomic E-state index is -4.20. The van der Waals surface area contributed by atoms with Gasteiger partial charge in [-0.1, -0.05) is 12.1 Å². The number of aromatic amines is 1. The summed E-state index contributed by atoms with van der Waals surface area (Å²) in [4.78, 5) is 23.6. The Morgan fingerprint density at radius 1 is 1.20 bits per heavy atom. The number of anilines is 1. The van der Waals surface area contributed by atoms with Gasteiger partial charge in [0.1, 0.15) is 5.69 Å². The molecule has 0 bridgehead atoms. The summed E-state index contributed by atoms with van der Waals surface area (Å²) in [5.41, 5.74) is -1.32. The van der Waals surface area contributed by atoms with Crippen LogP contribution in [0.1, 0.15) is 0 Å². The molecule has 2 rings (SSSR count). The molecule has 0 radical (unpaired) electrons. The fourth-order valence-corrected chi connectivity index (χ4v) is 2.66. The van der Waals surface area contributed by atoms with Crippen molar-refractivity contribution in [2.45, 2.75) is 4.90 Å². The van der Waals surface area contributed by atoms with E-state index < -0.39 is 31.0 Å². The molecule has 9 heteroatoms. The number of aromatic nitrogens is 1. The van der Waals surface area contributed by atoms with Crippen LogP contribution < -0.4 is 10.2 Å². The number of hydrogen-bond acceptors (Lipinski definition) is 5. The smallest absolute Gasteiger partial charge is 0.293 e. The summed E-state index contributed by atoms with van der Waals surface area (Å²) in [7, 11) is -4.20. The molecule has 0 atom stereocenters. The van der Waals surface area contributed by atoms with Gasteiger partial charge in [0.2, 0.25) is 5.43 Å². The van der Waals surface area contributed by atoms with Crippen LogP contribution in [0.25, 0.3) is 0 Å². The van der Waals surface area contributed by atoms with Crippen molar-refractivity contribution in [2.24, 2.45) is 0 Å². The standard InChI is InChI=1S/C11H9N3O5S/c15-10-5-6-12-7-11(10)20(18,19)13-8-3-1-2-4-9(8)14(16)17/h1-7,13H,(H,12,15). The molecule has 0 amide bonds. The highest BCUT2D eigenvalue weighted by atomic mass is 32.2. The van der Waals surface area contributed by atoms with Gasteiger partial charge in [-0.2, -0.15) is 0 Å². The first-order valence-electron chi connectivity index (χ1n) is 5.35. The molecule has 0 unspecified atom stereocenters. The number of nitro groups is 1. The normalized spacial score (nSPS) is 11.0. The van der Waals surface area contributed by atoms with Crippen molar-refractivity contribution in [1.29, 1.82) is 0 Å². The molecule has 1 heterocycles. The number of nitrogens with zero attached hydrogens (tertiary/aromatic N) is 1. The van der Waals surface area contributed by atoms with Crippen molar-refractivity contribution in [1.82, 2.24) is 4.98 Å². The lowest BCUT2D eigenvalue weighted by atomic mass is 10.3. The Labute approximate surface area is 113 Å². The van der Waals surface area contributed by atoms with Crippen molar-refractivity contribution in [3.8, 4) is 0 Å². The van der Waals surface area contributed by atoms with E-state index >= 15 is 0 Å². The largest absolute Gasteiger partial charge is 0.366 e. The van der Waals surface area contributed by atoms with Gasteiger partial charge >= 0.3 is 0 Å². The molecule has 0 saturated heterocycles. The molecule has 0 saturated carbocycles. The summed E-state index contributed by atoms with van der Waals surface area (Å²) in [6.07, 6.45) is 2.30. The van der Waals surface area contributed by atoms with Crippen LogP contribution in [0.4, 0.5) is 11.4 Å². The van der Waals surface area contributed by atoms with E-state index in [4.69, 9.17) is 0 Å². The molecule has 0 aliphatic carbocycles. The maximum atomic E-state index is 12.0. The van der Waals surface area contributed by atoms with Gasteiger partial charge < -0.3 is 4.98 Å². The van der Waals surface area contributed by atoms with Crippen molar-refractivity contribution >= 4 is 21.4 Å². The van der Waals surface area contributed by atoms with Crippen molar-refractivity contribution < 1.29 is 13.3 Å². The van der Waals surface area contributed by atoms with Gasteiger partial charge in [-0.05, 0) is 6.07 Å². The number of nitro benzene ring substituents is 1. The van der Waals surface area contributed by atoms with Gasteiger partial charge in [0.15, 0.2) is 4.90 Å². The molecule has 0 aliphatic heterocycles. The first-order valence-corrected chi connectivity index (χ1v) is 6.83. The summed E-state index contributed by atoms with van der Waals surface area (Å²) in [6.45, 7) is 0. The Morgan fingerprint density at radius 3 is 2.55 bits per heavy atom. The van der Waals surface area contributed by atoms with Crippen LogP contribution in [-0.4, -0.2) is 18.3 Å². The molecular formula is C11H9N3O5S. The highest BCUT2D eigenvalue weighted by Gasteiger charge is 2.22. The Hall–Kier alpha value is -2.68. The third kappa shape index (κ3) is 2.67. The van der Waals surface area contributed by atoms with E-state index in [1.165, 1.54) is 24.4 Å². The average Bonchev–Trinajstić information content (AvgIpc) is 2.39. The second-order valence-electron chi connectivity index (χ2n) is 3.75. The van der Waals surface area contributed by atoms with Crippen molar-refractivity contribution in [2.75, 3.05) is 4.72 Å². The molecule has 1 aromatic heterocycles. The van der Waals surface area contributed by atoms with Gasteiger partial charge in [-0.15, -0.1) is 0 Å². The number of nitrogens with one attached hydrogen (secondary N) is 2. The number of rotatable bonds is 4. The van der Waals surface area contributed by atoms with Crippen LogP contribution in [0, 0.1) is 10.1 Å². The van der Waals surface area contributed by atoms with Crippen LogP contribution in [-0.2, 0) is 10.0 Å². The molecule has 104 valence electrons. The number of benzene rings is 1. The van der Waals surface area contributed by atoms with E-state index in [1.54, 1.807) is 0 Å². The van der Waals surface area contributed by atoms with Gasteiger partial charge in [0.05, 0.1) is 4.92 Å². The fraction of sp³-hybridized carbons (Fsp3) is 0. The summed E-state index contributed by atoms with van der Waals surface area (Å²) in [5.74, 6) is 0. The molecule has 2 N–H and O–H groups in total. The van der Waals surface area contributed by atoms with E-state index in [-0.39, 0.29) is 5.69 Å². The van der Waals surface area contributed by atoms with Gasteiger partial charge in [-0.3, -0.25) is 19.6 Å². The minimum absolute atomic E-state index is 0.208. The second-order valence-corrected chi connectivity index (χ2v) is 5.40. The maximum absolute atomic E-state index is 12.0. The molecule has 2 aromatic rings. The third-order valence-corrected chi connectivity index (χ3v) is 3.81. The lowest BCUT2D eigenvalue weighted by Gasteiger charge is -2.07. The number of H-pyrrole nitrogens is 1. The predicted octanol–water partition coefficient (Wildman–Crippen LogP) is 1.08. The van der Waals surface area contributed by atoms with Gasteiger partial charge in [0.25, 0.3) is 15.7 Å². The van der Waals surface area contributed by atoms with E-state index in [2.05, 4.69) is 4.98 Å². The Morgan fingerprint density at radius 2 is 1.90 bits per heavy atom. The van der Waals surface area contributed by atoms with E-state index in [0.29, 0.717) is 0 Å². The zero-order valence-electron chi connectivity index (χ0n) is 9.94. The van der Waals surface area contributed by atoms with E-state index in [0.717, 1.165) is 18.3 Å². The minimum Gasteiger partial charge on any atom is -0.366 e. The maximum Gasteiger partial charge on any atom is 0.293 e. The lowest BCUT2D eigenvalue weighted by Crippen LogP contribution is -2.21. The van der Waals surface area contributed by atoms with Crippen molar-refractivity contribution in [3.63, 3.8) is 0 Å². The summed E-state index contributed by atoms with van der Waals surface area (Å²) in [6, 6.07) is 6.30. The Kier molecular flexibility index (Phi) is 3.53. The topological polar surface area (TPSA) is 122 Å². The highest BCUT2D eigenvalue weighted by molar-refractivity contribution is 7.92. The zero-order valence-corrected chi connectivity index (χ0v) is 10.8. The van der Waals surface area contributed by atoms with Crippen LogP contribution in [0.2, 0.25) is 0 Å². The van der Waals surface area contributed by atoms with E-state index in [9.17, 15) is 23.3 Å². The number of pyridine rings is 1. The van der Waals surface area contributed by atoms with Crippen molar-refractivity contribution in [3.05, 3.63) is 63.1 Å². The van der Waals surface area contributed by atoms with Crippen LogP contribution in [0.3, 0.4) is 0 Å². The Balaban J connectivity index is 2.47. The predicted molar refractivity (Wildman–Crippen MR) is 71.0 cm³/mol. The highest BCUT2D eigenvalue weighted by Crippen LogP contribution is 2.25. The number of sulfonamides is 1. The summed E-state index contributed by atoms with van der Waals surface area (Å²) < 4.78 is 26.1. The molecule has 8 nitrogen and oxygen atoms in total. The van der Waals surface area contributed by atoms with Crippen LogP contribution >= 0.6 is 0 Å². The third-order valence-electron chi connectivity index (χ3n) is 2.42. The molecule has 0 spiro atoms. The molecule has 20 heavy (non-hydrogen) atoms. The first kappa shape index (κ1) is 13.7. The lowest BCUT2D eigenvalue weighted by molar-refractivity contribution is -0.383. The monoisotopic (exact) mass is 295 g/mol. The summed E-state index contributed by atoms with van der Waals surface area (Å²) in [5, 5.41) is 10.8. The molecule has 0 aliphatic rings. The number of hydrogen-bond donors (Lipinski definition) is 2. The molecule has 0 fully saturated rings. The number of para-hydroxylation sites is 2. The van der Waals surface area contributed by atoms with Gasteiger partial charge in [0, 0.05) is 24.5 Å². The summed E-state index contributed by atoms with van der Waals surface area (Å²) >= 11 is 0. The molecular weight excluding hydrogens is 286 g/mol. The van der Waals surface area contributed by atoms with Gasteiger partial charge in [-0.25, -0.2) is 8.42 Å². The van der Waals surface area contributed by atoms with E-state index in [1.807, 2.05) is 4.72 Å². The zero-order chi connectivity index (χ0) is 14.8. The quantitative estimate of drug-likeness (QED) is 0.645. The van der Waals surface area contributed by atoms with Crippen LogP contribution in [0.5, 0.6) is 0 Å². The average molecular weight is 295 g/mol. The fourth-order valence-electron chi connectivity index (χ4n) is 1.53. The SMILES string of the molecule is O=c1cc[nH]cc1S(=O)(=O)Nc1ccccc1[N+](=O)[O-]. The molecule has 1 aromatic carbocycles. The Bertz CT molecular complexity index is 813. The second kappa shape index (κ2) is 5.13.